The molecule has 3 aromatic carbocycles. The normalized spacial score (nSPS) is 13.7. The molecule has 4 rings (SSSR count). The number of nitrogens with one attached hydrogen (secondary N) is 1. The second-order valence-corrected chi connectivity index (χ2v) is 8.15. The van der Waals surface area contributed by atoms with E-state index in [1.54, 1.807) is 0 Å². The average Bonchev–Trinajstić information content (AvgIpc) is 2.84. The lowest BCUT2D eigenvalue weighted by molar-refractivity contribution is 0.0746. The molecule has 0 unspecified atom stereocenters. The van der Waals surface area contributed by atoms with Gasteiger partial charge >= 0.3 is 0 Å². The van der Waals surface area contributed by atoms with E-state index in [0.29, 0.717) is 18.7 Å². The smallest absolute Gasteiger partial charge is 0.255 e. The van der Waals surface area contributed by atoms with Crippen molar-refractivity contribution in [1.82, 2.24) is 4.90 Å². The van der Waals surface area contributed by atoms with Crippen molar-refractivity contribution in [3.63, 3.8) is 0 Å². The first kappa shape index (κ1) is 21.6. The number of rotatable bonds is 5. The van der Waals surface area contributed by atoms with Crippen LogP contribution in [0.1, 0.15) is 38.8 Å². The van der Waals surface area contributed by atoms with Crippen LogP contribution in [0.5, 0.6) is 0 Å². The second kappa shape index (κ2) is 9.69. The van der Waals surface area contributed by atoms with E-state index in [9.17, 15) is 9.59 Å². The van der Waals surface area contributed by atoms with Crippen LogP contribution in [0.25, 0.3) is 0 Å². The number of carbonyl (C=O) groups is 2. The fourth-order valence-corrected chi connectivity index (χ4v) is 4.00. The van der Waals surface area contributed by atoms with Crippen LogP contribution in [0.2, 0.25) is 0 Å². The van der Waals surface area contributed by atoms with E-state index in [2.05, 4.69) is 17.1 Å². The summed E-state index contributed by atoms with van der Waals surface area (Å²) in [5.41, 5.74) is 5.53. The Bertz CT molecular complexity index is 1080. The monoisotopic (exact) mass is 427 g/mol. The van der Waals surface area contributed by atoms with E-state index < -0.39 is 0 Å². The van der Waals surface area contributed by atoms with E-state index in [1.165, 1.54) is 5.56 Å². The van der Waals surface area contributed by atoms with E-state index in [-0.39, 0.29) is 11.8 Å². The Morgan fingerprint density at radius 1 is 0.844 bits per heavy atom. The number of carbonyl (C=O) groups excluding carboxylic acids is 2. The molecule has 2 amide bonds. The number of benzene rings is 3. The molecule has 164 valence electrons. The van der Waals surface area contributed by atoms with Gasteiger partial charge < -0.3 is 15.1 Å². The standard InChI is InChI=1S/C27H29N3O2/c1-3-21-8-10-22(11-9-21)26(31)28-23-12-14-24(15-13-23)29-16-18-30(19-17-29)27(32)25-7-5-4-6-20(25)2/h4-15H,3,16-19H2,1-2H3,(H,28,31). The van der Waals surface area contributed by atoms with Crippen molar-refractivity contribution >= 4 is 23.2 Å². The van der Waals surface area contributed by atoms with Crippen molar-refractivity contribution in [3.8, 4) is 0 Å². The number of hydrogen-bond acceptors (Lipinski definition) is 3. The van der Waals surface area contributed by atoms with Crippen LogP contribution in [-0.2, 0) is 6.42 Å². The van der Waals surface area contributed by atoms with Crippen molar-refractivity contribution in [3.05, 3.63) is 95.1 Å². The summed E-state index contributed by atoms with van der Waals surface area (Å²) in [6.07, 6.45) is 0.956. The molecular formula is C27H29N3O2. The quantitative estimate of drug-likeness (QED) is 0.638. The third-order valence-corrected chi connectivity index (χ3v) is 6.06. The van der Waals surface area contributed by atoms with Gasteiger partial charge in [-0.25, -0.2) is 0 Å². The van der Waals surface area contributed by atoms with Gasteiger partial charge in [0.15, 0.2) is 0 Å². The van der Waals surface area contributed by atoms with E-state index >= 15 is 0 Å². The van der Waals surface area contributed by atoms with Gasteiger partial charge in [-0.2, -0.15) is 0 Å². The maximum atomic E-state index is 12.8. The second-order valence-electron chi connectivity index (χ2n) is 8.15. The highest BCUT2D eigenvalue weighted by Crippen LogP contribution is 2.21. The zero-order valence-corrected chi connectivity index (χ0v) is 18.7. The lowest BCUT2D eigenvalue weighted by atomic mass is 10.1. The number of aryl methyl sites for hydroxylation is 2. The summed E-state index contributed by atoms with van der Waals surface area (Å²) in [4.78, 5) is 29.5. The molecule has 0 aliphatic carbocycles. The minimum absolute atomic E-state index is 0.104. The predicted octanol–water partition coefficient (Wildman–Crippen LogP) is 4.77. The lowest BCUT2D eigenvalue weighted by Gasteiger charge is -2.36. The van der Waals surface area contributed by atoms with E-state index in [0.717, 1.165) is 42.0 Å². The first-order valence-electron chi connectivity index (χ1n) is 11.2. The Kier molecular flexibility index (Phi) is 6.55. The molecule has 1 aliphatic rings. The summed E-state index contributed by atoms with van der Waals surface area (Å²) in [6, 6.07) is 23.3. The molecule has 0 bridgehead atoms. The summed E-state index contributed by atoms with van der Waals surface area (Å²) in [7, 11) is 0. The zero-order chi connectivity index (χ0) is 22.5. The highest BCUT2D eigenvalue weighted by molar-refractivity contribution is 6.04. The van der Waals surface area contributed by atoms with Gasteiger partial charge in [0.1, 0.15) is 0 Å². The van der Waals surface area contributed by atoms with Gasteiger partial charge in [-0.15, -0.1) is 0 Å². The van der Waals surface area contributed by atoms with Crippen LogP contribution in [0.15, 0.2) is 72.8 Å². The molecular weight excluding hydrogens is 398 g/mol. The third-order valence-electron chi connectivity index (χ3n) is 6.06. The Hall–Kier alpha value is -3.60. The minimum atomic E-state index is -0.108. The summed E-state index contributed by atoms with van der Waals surface area (Å²) in [5.74, 6) is -0.00323. The van der Waals surface area contributed by atoms with Crippen LogP contribution < -0.4 is 10.2 Å². The Morgan fingerprint density at radius 3 is 2.12 bits per heavy atom. The molecule has 1 saturated heterocycles. The number of amides is 2. The van der Waals surface area contributed by atoms with Crippen molar-refractivity contribution < 1.29 is 9.59 Å². The third kappa shape index (κ3) is 4.83. The Labute approximate surface area is 189 Å². The first-order chi connectivity index (χ1) is 15.5. The molecule has 1 aliphatic heterocycles. The largest absolute Gasteiger partial charge is 0.368 e. The highest BCUT2D eigenvalue weighted by Gasteiger charge is 2.23. The molecule has 1 N–H and O–H groups in total. The van der Waals surface area contributed by atoms with E-state index in [4.69, 9.17) is 0 Å². The van der Waals surface area contributed by atoms with Crippen LogP contribution in [0.4, 0.5) is 11.4 Å². The van der Waals surface area contributed by atoms with Crippen LogP contribution >= 0.6 is 0 Å². The van der Waals surface area contributed by atoms with Gasteiger partial charge in [0.05, 0.1) is 0 Å². The molecule has 0 aromatic heterocycles. The van der Waals surface area contributed by atoms with Gasteiger partial charge in [0.25, 0.3) is 11.8 Å². The molecule has 3 aromatic rings. The Morgan fingerprint density at radius 2 is 1.50 bits per heavy atom. The topological polar surface area (TPSA) is 52.7 Å². The number of hydrogen-bond donors (Lipinski definition) is 1. The highest BCUT2D eigenvalue weighted by atomic mass is 16.2. The molecule has 0 saturated carbocycles. The fourth-order valence-electron chi connectivity index (χ4n) is 4.00. The number of anilines is 2. The predicted molar refractivity (Wildman–Crippen MR) is 130 cm³/mol. The van der Waals surface area contributed by atoms with Crippen LogP contribution in [0.3, 0.4) is 0 Å². The van der Waals surface area contributed by atoms with Gasteiger partial charge in [-0.3, -0.25) is 9.59 Å². The minimum Gasteiger partial charge on any atom is -0.368 e. The molecule has 0 radical (unpaired) electrons. The van der Waals surface area contributed by atoms with Crippen molar-refractivity contribution in [2.45, 2.75) is 20.3 Å². The maximum Gasteiger partial charge on any atom is 0.255 e. The number of nitrogens with zero attached hydrogens (tertiary/aromatic N) is 2. The lowest BCUT2D eigenvalue weighted by Crippen LogP contribution is -2.48. The van der Waals surface area contributed by atoms with Gasteiger partial charge in [0, 0.05) is 48.7 Å². The van der Waals surface area contributed by atoms with Crippen molar-refractivity contribution in [2.75, 3.05) is 36.4 Å². The molecule has 32 heavy (non-hydrogen) atoms. The molecule has 1 fully saturated rings. The SMILES string of the molecule is CCc1ccc(C(=O)Nc2ccc(N3CCN(C(=O)c4ccccc4C)CC3)cc2)cc1. The molecule has 0 atom stereocenters. The summed E-state index contributed by atoms with van der Waals surface area (Å²) < 4.78 is 0. The zero-order valence-electron chi connectivity index (χ0n) is 18.7. The van der Waals surface area contributed by atoms with Gasteiger partial charge in [-0.1, -0.05) is 37.3 Å². The first-order valence-corrected chi connectivity index (χ1v) is 11.2. The van der Waals surface area contributed by atoms with Gasteiger partial charge in [0.2, 0.25) is 0 Å². The summed E-state index contributed by atoms with van der Waals surface area (Å²) in [6.45, 7) is 7.03. The molecule has 5 nitrogen and oxygen atoms in total. The summed E-state index contributed by atoms with van der Waals surface area (Å²) >= 11 is 0. The van der Waals surface area contributed by atoms with Gasteiger partial charge in [-0.05, 0) is 66.9 Å². The average molecular weight is 428 g/mol. The molecule has 0 spiro atoms. The maximum absolute atomic E-state index is 12.8. The van der Waals surface area contributed by atoms with Crippen LogP contribution in [-0.4, -0.2) is 42.9 Å². The molecule has 1 heterocycles. The van der Waals surface area contributed by atoms with Crippen molar-refractivity contribution in [2.24, 2.45) is 0 Å². The Balaban J connectivity index is 1.33. The molecule has 5 heteroatoms. The van der Waals surface area contributed by atoms with Crippen LogP contribution in [0, 0.1) is 6.92 Å². The van der Waals surface area contributed by atoms with E-state index in [1.807, 2.05) is 84.6 Å². The summed E-state index contributed by atoms with van der Waals surface area (Å²) in [5, 5.41) is 2.96. The van der Waals surface area contributed by atoms with Crippen molar-refractivity contribution in [1.29, 1.82) is 0 Å². The number of piperazine rings is 1. The fraction of sp³-hybridized carbons (Fsp3) is 0.259.